The lowest BCUT2D eigenvalue weighted by Gasteiger charge is -2.34. The first kappa shape index (κ1) is 30.0. The molecule has 0 saturated carbocycles. The molecule has 10 heteroatoms. The van der Waals surface area contributed by atoms with Crippen molar-refractivity contribution in [3.63, 3.8) is 0 Å². The highest BCUT2D eigenvalue weighted by Gasteiger charge is 2.41. The summed E-state index contributed by atoms with van der Waals surface area (Å²) in [5, 5.41) is 4.02. The summed E-state index contributed by atoms with van der Waals surface area (Å²) < 4.78 is 29.4. The van der Waals surface area contributed by atoms with Gasteiger partial charge in [0.15, 0.2) is 5.03 Å². The van der Waals surface area contributed by atoms with Crippen molar-refractivity contribution in [2.24, 2.45) is 5.92 Å². The Morgan fingerprint density at radius 3 is 2.57 bits per heavy atom. The van der Waals surface area contributed by atoms with Gasteiger partial charge in [0.2, 0.25) is 0 Å². The maximum Gasteiger partial charge on any atom is 0.281 e. The van der Waals surface area contributed by atoms with E-state index in [0.717, 1.165) is 41.4 Å². The minimum atomic E-state index is -4.30. The number of pyridine rings is 3. The van der Waals surface area contributed by atoms with Crippen LogP contribution in [0.25, 0.3) is 10.9 Å². The molecule has 3 aromatic heterocycles. The highest BCUT2D eigenvalue weighted by Crippen LogP contribution is 2.41. The first-order valence-corrected chi connectivity index (χ1v) is 16.6. The summed E-state index contributed by atoms with van der Waals surface area (Å²) in [7, 11) is -4.30. The molecule has 1 fully saturated rings. The zero-order valence-corrected chi connectivity index (χ0v) is 27.0. The zero-order valence-electron chi connectivity index (χ0n) is 26.2. The molecule has 2 atom stereocenters. The van der Waals surface area contributed by atoms with E-state index in [1.165, 1.54) is 11.6 Å². The fourth-order valence-electron chi connectivity index (χ4n) is 6.47. The van der Waals surface area contributed by atoms with Gasteiger partial charge in [-0.2, -0.15) is 8.42 Å². The maximum absolute atomic E-state index is 13.8. The number of carbonyl (C=O) groups excluding carboxylic acids is 1. The number of nitrogens with zero attached hydrogens (tertiary/aromatic N) is 4. The highest BCUT2D eigenvalue weighted by atomic mass is 32.2. The molecule has 0 unspecified atom stereocenters. The summed E-state index contributed by atoms with van der Waals surface area (Å²) in [6.45, 7) is 13.5. The van der Waals surface area contributed by atoms with E-state index in [-0.39, 0.29) is 27.6 Å². The predicted octanol–water partition coefficient (Wildman–Crippen LogP) is 6.30. The molecule has 2 aliphatic heterocycles. The fraction of sp³-hybridized carbons (Fsp3) is 0.412. The van der Waals surface area contributed by atoms with Crippen LogP contribution in [-0.2, 0) is 15.4 Å². The Kier molecular flexibility index (Phi) is 7.39. The Hall–Kier alpha value is -4.05. The van der Waals surface area contributed by atoms with Crippen LogP contribution in [0.15, 0.2) is 65.8 Å². The van der Waals surface area contributed by atoms with Gasteiger partial charge in [0, 0.05) is 23.7 Å². The van der Waals surface area contributed by atoms with Gasteiger partial charge >= 0.3 is 0 Å². The number of hydrogen-bond acceptors (Lipinski definition) is 8. The molecule has 1 amide bonds. The molecule has 6 rings (SSSR count). The van der Waals surface area contributed by atoms with Crippen molar-refractivity contribution in [3.05, 3.63) is 83.2 Å². The Morgan fingerprint density at radius 1 is 1.00 bits per heavy atom. The number of anilines is 2. The van der Waals surface area contributed by atoms with Gasteiger partial charge in [-0.05, 0) is 99.4 Å². The SMILES string of the molecule is Cc1ccc2nc3c(cc2c1)C(=O)NS(=O)(=O)c1cccc(n1)N[C@H](c1cc(C(C)(C)C)ccn1)CC[C@@H]1CN3C(C)(C)C1. The monoisotopic (exact) mass is 612 g/mol. The van der Waals surface area contributed by atoms with Crippen LogP contribution in [0.3, 0.4) is 0 Å². The standard InChI is InChI=1S/C34H40N6O3S/c1-21-10-12-26-23(16-21)17-25-31(37-26)40-20-22(19-34(40,5)6)11-13-27(28-18-24(14-15-35-28)33(2,3)4)36-29-8-7-9-30(38-29)44(42,43)39-32(25)41/h7-10,12,14-18,22,27H,11,13,19-20H2,1-6H3,(H,36,38)(H,39,41)/t22-,27-/m0/s1. The summed E-state index contributed by atoms with van der Waals surface area (Å²) in [6.07, 6.45) is 4.40. The Balaban J connectivity index is 1.48. The fourth-order valence-corrected chi connectivity index (χ4v) is 7.40. The Labute approximate surface area is 259 Å². The van der Waals surface area contributed by atoms with Crippen LogP contribution in [-0.4, -0.2) is 41.4 Å². The summed E-state index contributed by atoms with van der Waals surface area (Å²) in [4.78, 5) is 30.1. The largest absolute Gasteiger partial charge is 0.362 e. The number of carbonyl (C=O) groups is 1. The van der Waals surface area contributed by atoms with E-state index in [4.69, 9.17) is 9.97 Å². The average Bonchev–Trinajstić information content (AvgIpc) is 3.27. The molecule has 0 spiro atoms. The molecule has 0 aliphatic carbocycles. The van der Waals surface area contributed by atoms with Gasteiger partial charge in [0.25, 0.3) is 15.9 Å². The molecule has 5 heterocycles. The van der Waals surface area contributed by atoms with Crippen molar-refractivity contribution in [1.29, 1.82) is 0 Å². The minimum Gasteiger partial charge on any atom is -0.362 e. The summed E-state index contributed by atoms with van der Waals surface area (Å²) in [6, 6.07) is 16.4. The van der Waals surface area contributed by atoms with Crippen LogP contribution in [0.1, 0.15) is 87.1 Å². The number of amides is 1. The molecule has 1 saturated heterocycles. The Bertz CT molecular complexity index is 1860. The van der Waals surface area contributed by atoms with Gasteiger partial charge in [0.05, 0.1) is 22.8 Å². The topological polar surface area (TPSA) is 117 Å². The molecule has 44 heavy (non-hydrogen) atoms. The number of aryl methyl sites for hydroxylation is 1. The van der Waals surface area contributed by atoms with E-state index >= 15 is 0 Å². The summed E-state index contributed by atoms with van der Waals surface area (Å²) in [5.41, 5.74) is 3.70. The van der Waals surface area contributed by atoms with E-state index in [9.17, 15) is 13.2 Å². The van der Waals surface area contributed by atoms with Crippen LogP contribution in [0.4, 0.5) is 11.6 Å². The number of benzene rings is 1. The van der Waals surface area contributed by atoms with Gasteiger partial charge in [-0.25, -0.2) is 14.7 Å². The number of rotatable bonds is 1. The lowest BCUT2D eigenvalue weighted by Crippen LogP contribution is -2.41. The molecule has 230 valence electrons. The molecule has 9 nitrogen and oxygen atoms in total. The van der Waals surface area contributed by atoms with Crippen molar-refractivity contribution in [2.75, 3.05) is 16.8 Å². The third-order valence-corrected chi connectivity index (χ3v) is 10.1. The molecule has 2 aliphatic rings. The second-order valence-electron chi connectivity index (χ2n) is 13.8. The quantitative estimate of drug-likeness (QED) is 0.257. The van der Waals surface area contributed by atoms with Gasteiger partial charge in [-0.15, -0.1) is 0 Å². The van der Waals surface area contributed by atoms with E-state index in [2.05, 4.69) is 60.6 Å². The third-order valence-electron chi connectivity index (χ3n) is 8.83. The summed E-state index contributed by atoms with van der Waals surface area (Å²) in [5.74, 6) is 0.485. The smallest absolute Gasteiger partial charge is 0.281 e. The van der Waals surface area contributed by atoms with Crippen molar-refractivity contribution in [2.45, 2.75) is 82.8 Å². The van der Waals surface area contributed by atoms with Gasteiger partial charge in [0.1, 0.15) is 11.6 Å². The minimum absolute atomic E-state index is 0.0544. The van der Waals surface area contributed by atoms with E-state index in [1.807, 2.05) is 37.4 Å². The average molecular weight is 613 g/mol. The van der Waals surface area contributed by atoms with Crippen LogP contribution >= 0.6 is 0 Å². The van der Waals surface area contributed by atoms with Gasteiger partial charge in [-0.3, -0.25) is 9.78 Å². The third kappa shape index (κ3) is 5.87. The molecule has 1 aromatic carbocycles. The van der Waals surface area contributed by atoms with Crippen LogP contribution in [0, 0.1) is 12.8 Å². The first-order chi connectivity index (χ1) is 20.7. The number of fused-ring (bicyclic) bond motifs is 7. The molecule has 4 bridgehead atoms. The second kappa shape index (κ2) is 10.8. The molecule has 4 aromatic rings. The van der Waals surface area contributed by atoms with Crippen LogP contribution in [0.5, 0.6) is 0 Å². The van der Waals surface area contributed by atoms with Crippen molar-refractivity contribution >= 4 is 38.5 Å². The van der Waals surface area contributed by atoms with E-state index in [0.29, 0.717) is 24.1 Å². The predicted molar refractivity (Wildman–Crippen MR) is 173 cm³/mol. The van der Waals surface area contributed by atoms with E-state index < -0.39 is 15.9 Å². The van der Waals surface area contributed by atoms with Crippen molar-refractivity contribution in [3.8, 4) is 0 Å². The number of sulfonamides is 1. The summed E-state index contributed by atoms with van der Waals surface area (Å²) >= 11 is 0. The van der Waals surface area contributed by atoms with Crippen LogP contribution < -0.4 is 14.9 Å². The first-order valence-electron chi connectivity index (χ1n) is 15.2. The second-order valence-corrected chi connectivity index (χ2v) is 15.5. The highest BCUT2D eigenvalue weighted by molar-refractivity contribution is 7.90. The number of nitrogens with one attached hydrogen (secondary N) is 2. The molecular weight excluding hydrogens is 572 g/mol. The van der Waals surface area contributed by atoms with Crippen molar-refractivity contribution < 1.29 is 13.2 Å². The van der Waals surface area contributed by atoms with Crippen molar-refractivity contribution in [1.82, 2.24) is 19.7 Å². The maximum atomic E-state index is 13.8. The molecule has 0 radical (unpaired) electrons. The van der Waals surface area contributed by atoms with Crippen LogP contribution in [0.2, 0.25) is 0 Å². The molecular formula is C34H40N6O3S. The number of aromatic nitrogens is 3. The number of hydrogen-bond donors (Lipinski definition) is 2. The van der Waals surface area contributed by atoms with Gasteiger partial charge < -0.3 is 10.2 Å². The normalized spacial score (nSPS) is 21.5. The lowest BCUT2D eigenvalue weighted by molar-refractivity contribution is 0.0981. The Morgan fingerprint density at radius 2 is 1.80 bits per heavy atom. The zero-order chi connectivity index (χ0) is 31.4. The van der Waals surface area contributed by atoms with Gasteiger partial charge in [-0.1, -0.05) is 38.5 Å². The lowest BCUT2D eigenvalue weighted by atomic mass is 9.86. The molecule has 2 N–H and O–H groups in total. The van der Waals surface area contributed by atoms with E-state index in [1.54, 1.807) is 18.2 Å².